The maximum atomic E-state index is 12.6. The number of carbonyl (C=O) groups is 3. The minimum atomic E-state index is -0.359. The van der Waals surface area contributed by atoms with Gasteiger partial charge in [0.1, 0.15) is 5.69 Å². The van der Waals surface area contributed by atoms with Gasteiger partial charge in [0.05, 0.1) is 22.8 Å². The molecule has 0 fully saturated rings. The molecule has 2 amide bonds. The molecule has 9 heteroatoms. The van der Waals surface area contributed by atoms with Gasteiger partial charge in [-0.15, -0.1) is 0 Å². The maximum Gasteiger partial charge on any atom is 0.291 e. The average Bonchev–Trinajstić information content (AvgIpc) is 3.24. The van der Waals surface area contributed by atoms with Crippen LogP contribution in [0, 0.1) is 6.92 Å². The SMILES string of the molecule is CC(=O)c1cc(NC(=O)c2cc(NC(=O)c3nc(C)cn3C)cn2C)cn1C. The van der Waals surface area contributed by atoms with Crippen molar-refractivity contribution in [1.29, 1.82) is 0 Å². The summed E-state index contributed by atoms with van der Waals surface area (Å²) in [5.41, 5.74) is 2.61. The monoisotopic (exact) mass is 382 g/mol. The van der Waals surface area contributed by atoms with Gasteiger partial charge in [-0.1, -0.05) is 0 Å². The number of nitrogens with one attached hydrogen (secondary N) is 2. The number of rotatable bonds is 5. The molecule has 0 aliphatic heterocycles. The van der Waals surface area contributed by atoms with Crippen molar-refractivity contribution in [2.45, 2.75) is 13.8 Å². The van der Waals surface area contributed by atoms with Crippen molar-refractivity contribution in [3.05, 3.63) is 53.6 Å². The Morgan fingerprint density at radius 1 is 0.821 bits per heavy atom. The van der Waals surface area contributed by atoms with Gasteiger partial charge in [0.15, 0.2) is 11.6 Å². The van der Waals surface area contributed by atoms with E-state index in [1.807, 2.05) is 6.92 Å². The van der Waals surface area contributed by atoms with Crippen molar-refractivity contribution >= 4 is 29.0 Å². The van der Waals surface area contributed by atoms with E-state index >= 15 is 0 Å². The first-order valence-electron chi connectivity index (χ1n) is 8.62. The van der Waals surface area contributed by atoms with Crippen LogP contribution in [0.4, 0.5) is 11.4 Å². The van der Waals surface area contributed by atoms with Crippen LogP contribution < -0.4 is 10.6 Å². The quantitative estimate of drug-likeness (QED) is 0.660. The minimum absolute atomic E-state index is 0.0867. The maximum absolute atomic E-state index is 12.6. The molecule has 0 radical (unpaired) electrons. The Bertz CT molecular complexity index is 1090. The molecule has 9 nitrogen and oxygen atoms in total. The summed E-state index contributed by atoms with van der Waals surface area (Å²) >= 11 is 0. The number of nitrogens with zero attached hydrogens (tertiary/aromatic N) is 4. The normalized spacial score (nSPS) is 10.8. The van der Waals surface area contributed by atoms with Crippen molar-refractivity contribution in [2.75, 3.05) is 10.6 Å². The highest BCUT2D eigenvalue weighted by Crippen LogP contribution is 2.18. The van der Waals surface area contributed by atoms with E-state index < -0.39 is 0 Å². The second-order valence-corrected chi connectivity index (χ2v) is 6.73. The highest BCUT2D eigenvalue weighted by Gasteiger charge is 2.17. The summed E-state index contributed by atoms with van der Waals surface area (Å²) in [6.07, 6.45) is 5.08. The second-order valence-electron chi connectivity index (χ2n) is 6.73. The molecular formula is C19H22N6O3. The van der Waals surface area contributed by atoms with Crippen molar-refractivity contribution in [1.82, 2.24) is 18.7 Å². The fourth-order valence-electron chi connectivity index (χ4n) is 3.05. The Balaban J connectivity index is 1.75. The molecule has 0 aromatic carbocycles. The third-order valence-electron chi connectivity index (χ3n) is 4.32. The molecule has 0 saturated heterocycles. The predicted molar refractivity (Wildman–Crippen MR) is 105 cm³/mol. The van der Waals surface area contributed by atoms with Gasteiger partial charge in [-0.3, -0.25) is 14.4 Å². The van der Waals surface area contributed by atoms with Gasteiger partial charge in [-0.05, 0) is 19.1 Å². The van der Waals surface area contributed by atoms with Gasteiger partial charge in [0.2, 0.25) is 0 Å². The van der Waals surface area contributed by atoms with Crippen LogP contribution >= 0.6 is 0 Å². The molecule has 3 aromatic rings. The molecule has 0 bridgehead atoms. The van der Waals surface area contributed by atoms with Crippen molar-refractivity contribution in [2.24, 2.45) is 21.1 Å². The van der Waals surface area contributed by atoms with E-state index in [2.05, 4.69) is 15.6 Å². The van der Waals surface area contributed by atoms with E-state index in [-0.39, 0.29) is 23.4 Å². The summed E-state index contributed by atoms with van der Waals surface area (Å²) in [6.45, 7) is 3.28. The van der Waals surface area contributed by atoms with Crippen molar-refractivity contribution in [3.63, 3.8) is 0 Å². The van der Waals surface area contributed by atoms with Gasteiger partial charge in [-0.2, -0.15) is 0 Å². The summed E-state index contributed by atoms with van der Waals surface area (Å²) in [5, 5.41) is 5.51. The number of ketones is 1. The zero-order valence-electron chi connectivity index (χ0n) is 16.4. The van der Waals surface area contributed by atoms with Crippen LogP contribution in [0.15, 0.2) is 30.7 Å². The van der Waals surface area contributed by atoms with Crippen LogP contribution in [0.3, 0.4) is 0 Å². The van der Waals surface area contributed by atoms with Crippen LogP contribution in [0.25, 0.3) is 0 Å². The zero-order valence-corrected chi connectivity index (χ0v) is 16.4. The molecular weight excluding hydrogens is 360 g/mol. The summed E-state index contributed by atoms with van der Waals surface area (Å²) in [6, 6.07) is 3.20. The number of carbonyl (C=O) groups excluding carboxylic acids is 3. The number of aromatic nitrogens is 4. The topological polar surface area (TPSA) is 103 Å². The molecule has 0 aliphatic rings. The predicted octanol–water partition coefficient (Wildman–Crippen LogP) is 2.11. The number of Topliss-reactive ketones (excluding diaryl/α,β-unsaturated/α-hetero) is 1. The third-order valence-corrected chi connectivity index (χ3v) is 4.32. The first-order chi connectivity index (χ1) is 13.2. The Labute approximate surface area is 162 Å². The molecule has 2 N–H and O–H groups in total. The molecule has 0 atom stereocenters. The van der Waals surface area contributed by atoms with Gasteiger partial charge in [0.25, 0.3) is 11.8 Å². The number of aryl methyl sites for hydroxylation is 4. The number of hydrogen-bond acceptors (Lipinski definition) is 4. The van der Waals surface area contributed by atoms with E-state index in [9.17, 15) is 14.4 Å². The standard InChI is InChI=1S/C19H22N6O3/c1-11-8-25(5)17(20-11)19(28)22-14-7-16(24(4)10-14)18(27)21-13-6-15(12(2)26)23(3)9-13/h6-10H,1-5H3,(H,21,27)(H,22,28). The van der Waals surface area contributed by atoms with Gasteiger partial charge >= 0.3 is 0 Å². The number of amides is 2. The van der Waals surface area contributed by atoms with Gasteiger partial charge in [0, 0.05) is 46.7 Å². The molecule has 0 saturated carbocycles. The zero-order chi connectivity index (χ0) is 20.6. The van der Waals surface area contributed by atoms with Crippen LogP contribution in [0.1, 0.15) is 44.2 Å². The van der Waals surface area contributed by atoms with Crippen LogP contribution in [0.2, 0.25) is 0 Å². The second kappa shape index (κ2) is 7.18. The molecule has 28 heavy (non-hydrogen) atoms. The van der Waals surface area contributed by atoms with Crippen LogP contribution in [-0.2, 0) is 21.1 Å². The van der Waals surface area contributed by atoms with E-state index in [0.717, 1.165) is 5.69 Å². The highest BCUT2D eigenvalue weighted by molar-refractivity contribution is 6.06. The molecule has 3 aromatic heterocycles. The fourth-order valence-corrected chi connectivity index (χ4v) is 3.05. The Kier molecular flexibility index (Phi) is 4.91. The Morgan fingerprint density at radius 3 is 1.86 bits per heavy atom. The lowest BCUT2D eigenvalue weighted by molar-refractivity contribution is 0.0999. The lowest BCUT2D eigenvalue weighted by atomic mass is 10.3. The van der Waals surface area contributed by atoms with E-state index in [1.165, 1.54) is 6.92 Å². The lowest BCUT2D eigenvalue weighted by Gasteiger charge is -2.03. The molecule has 0 unspecified atom stereocenters. The van der Waals surface area contributed by atoms with Crippen molar-refractivity contribution < 1.29 is 14.4 Å². The number of hydrogen-bond donors (Lipinski definition) is 2. The summed E-state index contributed by atoms with van der Waals surface area (Å²) < 4.78 is 4.91. The molecule has 3 rings (SSSR count). The minimum Gasteiger partial charge on any atom is -0.346 e. The summed E-state index contributed by atoms with van der Waals surface area (Å²) in [4.78, 5) is 40.7. The van der Waals surface area contributed by atoms with Crippen molar-refractivity contribution in [3.8, 4) is 0 Å². The average molecular weight is 382 g/mol. The third kappa shape index (κ3) is 3.73. The van der Waals surface area contributed by atoms with E-state index in [4.69, 9.17) is 0 Å². The molecule has 146 valence electrons. The smallest absolute Gasteiger partial charge is 0.291 e. The molecule has 3 heterocycles. The largest absolute Gasteiger partial charge is 0.346 e. The van der Waals surface area contributed by atoms with Crippen LogP contribution in [0.5, 0.6) is 0 Å². The summed E-state index contributed by atoms with van der Waals surface area (Å²) in [7, 11) is 5.19. The van der Waals surface area contributed by atoms with Gasteiger partial charge < -0.3 is 24.3 Å². The Morgan fingerprint density at radius 2 is 1.36 bits per heavy atom. The molecule has 0 spiro atoms. The van der Waals surface area contributed by atoms with E-state index in [0.29, 0.717) is 22.8 Å². The highest BCUT2D eigenvalue weighted by atomic mass is 16.2. The molecule has 0 aliphatic carbocycles. The van der Waals surface area contributed by atoms with Crippen LogP contribution in [-0.4, -0.2) is 36.3 Å². The van der Waals surface area contributed by atoms with Gasteiger partial charge in [-0.25, -0.2) is 4.98 Å². The summed E-state index contributed by atoms with van der Waals surface area (Å²) in [5.74, 6) is -0.511. The first kappa shape index (κ1) is 19.2. The number of imidazole rings is 1. The number of anilines is 2. The Hall–Kier alpha value is -3.62. The first-order valence-corrected chi connectivity index (χ1v) is 8.62. The lowest BCUT2D eigenvalue weighted by Crippen LogP contribution is -2.16. The van der Waals surface area contributed by atoms with E-state index in [1.54, 1.807) is 65.6 Å². The fraction of sp³-hybridized carbons (Fsp3) is 0.263.